The summed E-state index contributed by atoms with van der Waals surface area (Å²) in [6, 6.07) is 5.03. The quantitative estimate of drug-likeness (QED) is 0.716. The summed E-state index contributed by atoms with van der Waals surface area (Å²) in [6.45, 7) is 0.390. The standard InChI is InChI=1S/C11H14ClNO2/c12-8-2-1-3-9(15)10(8)11(6-13)4-7(14)5-11/h1-3,7,14-15H,4-6,13H2. The van der Waals surface area contributed by atoms with E-state index >= 15 is 0 Å². The lowest BCUT2D eigenvalue weighted by Gasteiger charge is -2.45. The number of phenols is 1. The summed E-state index contributed by atoms with van der Waals surface area (Å²) >= 11 is 6.06. The van der Waals surface area contributed by atoms with Crippen molar-refractivity contribution in [2.75, 3.05) is 6.54 Å². The molecule has 1 aromatic carbocycles. The Hall–Kier alpha value is -0.770. The van der Waals surface area contributed by atoms with Crippen LogP contribution in [0.2, 0.25) is 5.02 Å². The molecule has 2 rings (SSSR count). The summed E-state index contributed by atoms with van der Waals surface area (Å²) < 4.78 is 0. The number of rotatable bonds is 2. The molecular formula is C11H14ClNO2. The topological polar surface area (TPSA) is 66.5 Å². The van der Waals surface area contributed by atoms with Crippen molar-refractivity contribution in [1.82, 2.24) is 0 Å². The van der Waals surface area contributed by atoms with Crippen LogP contribution >= 0.6 is 11.6 Å². The third kappa shape index (κ3) is 1.61. The van der Waals surface area contributed by atoms with Crippen LogP contribution in [0.15, 0.2) is 18.2 Å². The molecule has 82 valence electrons. The molecule has 0 saturated heterocycles. The minimum atomic E-state index is -0.345. The first-order valence-corrected chi connectivity index (χ1v) is 5.33. The second-order valence-corrected chi connectivity index (χ2v) is 4.59. The van der Waals surface area contributed by atoms with Gasteiger partial charge in [-0.2, -0.15) is 0 Å². The van der Waals surface area contributed by atoms with Crippen LogP contribution in [0.25, 0.3) is 0 Å². The van der Waals surface area contributed by atoms with Crippen molar-refractivity contribution in [2.24, 2.45) is 5.73 Å². The van der Waals surface area contributed by atoms with Gasteiger partial charge in [-0.05, 0) is 25.0 Å². The normalized spacial score (nSPS) is 29.9. The van der Waals surface area contributed by atoms with Crippen molar-refractivity contribution in [3.8, 4) is 5.75 Å². The van der Waals surface area contributed by atoms with Gasteiger partial charge in [0, 0.05) is 22.5 Å². The lowest BCUT2D eigenvalue weighted by molar-refractivity contribution is 0.0212. The molecule has 0 spiro atoms. The maximum Gasteiger partial charge on any atom is 0.120 e. The zero-order valence-corrected chi connectivity index (χ0v) is 9.04. The summed E-state index contributed by atoms with van der Waals surface area (Å²) in [5.74, 6) is 0.167. The summed E-state index contributed by atoms with van der Waals surface area (Å²) in [4.78, 5) is 0. The van der Waals surface area contributed by atoms with E-state index in [1.54, 1.807) is 18.2 Å². The number of halogens is 1. The van der Waals surface area contributed by atoms with E-state index in [4.69, 9.17) is 17.3 Å². The molecule has 0 unspecified atom stereocenters. The molecule has 0 aliphatic heterocycles. The largest absolute Gasteiger partial charge is 0.508 e. The molecule has 4 heteroatoms. The number of aliphatic hydroxyl groups excluding tert-OH is 1. The number of benzene rings is 1. The van der Waals surface area contributed by atoms with E-state index in [2.05, 4.69) is 0 Å². The molecule has 1 aliphatic carbocycles. The molecule has 1 aliphatic rings. The van der Waals surface area contributed by atoms with Crippen molar-refractivity contribution in [3.63, 3.8) is 0 Å². The van der Waals surface area contributed by atoms with Gasteiger partial charge in [0.25, 0.3) is 0 Å². The van der Waals surface area contributed by atoms with Gasteiger partial charge in [0.2, 0.25) is 0 Å². The third-order valence-electron chi connectivity index (χ3n) is 3.17. The lowest BCUT2D eigenvalue weighted by atomic mass is 9.62. The van der Waals surface area contributed by atoms with Crippen LogP contribution in [0.5, 0.6) is 5.75 Å². The number of nitrogens with two attached hydrogens (primary N) is 1. The number of phenolic OH excluding ortho intramolecular Hbond substituents is 1. The van der Waals surface area contributed by atoms with Crippen LogP contribution in [-0.2, 0) is 5.41 Å². The highest BCUT2D eigenvalue weighted by atomic mass is 35.5. The predicted molar refractivity (Wildman–Crippen MR) is 59.1 cm³/mol. The Morgan fingerprint density at radius 1 is 1.47 bits per heavy atom. The number of hydrogen-bond donors (Lipinski definition) is 3. The number of hydrogen-bond acceptors (Lipinski definition) is 3. The average molecular weight is 228 g/mol. The van der Waals surface area contributed by atoms with Gasteiger partial charge in [-0.15, -0.1) is 0 Å². The van der Waals surface area contributed by atoms with Crippen LogP contribution in [0.3, 0.4) is 0 Å². The molecule has 3 nitrogen and oxygen atoms in total. The fourth-order valence-corrected chi connectivity index (χ4v) is 2.72. The van der Waals surface area contributed by atoms with Gasteiger partial charge in [0.1, 0.15) is 5.75 Å². The molecule has 0 radical (unpaired) electrons. The first-order valence-electron chi connectivity index (χ1n) is 4.95. The van der Waals surface area contributed by atoms with Crippen molar-refractivity contribution < 1.29 is 10.2 Å². The highest BCUT2D eigenvalue weighted by Gasteiger charge is 2.46. The van der Waals surface area contributed by atoms with Crippen LogP contribution < -0.4 is 5.73 Å². The van der Waals surface area contributed by atoms with Gasteiger partial charge in [0.05, 0.1) is 6.10 Å². The Balaban J connectivity index is 2.44. The van der Waals surface area contributed by atoms with Gasteiger partial charge in [-0.1, -0.05) is 17.7 Å². The molecule has 1 fully saturated rings. The fourth-order valence-electron chi connectivity index (χ4n) is 2.35. The molecule has 0 bridgehead atoms. The van der Waals surface area contributed by atoms with Crippen molar-refractivity contribution in [3.05, 3.63) is 28.8 Å². The maximum atomic E-state index is 9.79. The molecule has 15 heavy (non-hydrogen) atoms. The Bertz CT molecular complexity index is 355. The second kappa shape index (κ2) is 3.67. The Morgan fingerprint density at radius 2 is 2.13 bits per heavy atom. The monoisotopic (exact) mass is 227 g/mol. The third-order valence-corrected chi connectivity index (χ3v) is 3.48. The molecule has 1 aromatic rings. The lowest BCUT2D eigenvalue weighted by Crippen LogP contribution is -2.50. The zero-order chi connectivity index (χ0) is 11.1. The molecule has 0 amide bonds. The molecule has 0 atom stereocenters. The molecule has 0 heterocycles. The highest BCUT2D eigenvalue weighted by molar-refractivity contribution is 6.31. The average Bonchev–Trinajstić information content (AvgIpc) is 2.14. The Kier molecular flexibility index (Phi) is 2.63. The van der Waals surface area contributed by atoms with Crippen LogP contribution in [0.4, 0.5) is 0 Å². The van der Waals surface area contributed by atoms with Crippen molar-refractivity contribution in [1.29, 1.82) is 0 Å². The van der Waals surface area contributed by atoms with Crippen LogP contribution in [0, 0.1) is 0 Å². The van der Waals surface area contributed by atoms with E-state index < -0.39 is 0 Å². The van der Waals surface area contributed by atoms with E-state index in [1.807, 2.05) is 0 Å². The van der Waals surface area contributed by atoms with E-state index in [0.717, 1.165) is 0 Å². The molecular weight excluding hydrogens is 214 g/mol. The first kappa shape index (κ1) is 10.7. The van der Waals surface area contributed by atoms with Crippen LogP contribution in [-0.4, -0.2) is 22.9 Å². The van der Waals surface area contributed by atoms with Gasteiger partial charge in [-0.3, -0.25) is 0 Å². The van der Waals surface area contributed by atoms with Crippen molar-refractivity contribution >= 4 is 11.6 Å². The highest BCUT2D eigenvalue weighted by Crippen LogP contribution is 2.48. The minimum absolute atomic E-state index is 0.167. The van der Waals surface area contributed by atoms with Gasteiger partial charge in [-0.25, -0.2) is 0 Å². The van der Waals surface area contributed by atoms with Crippen LogP contribution in [0.1, 0.15) is 18.4 Å². The number of aromatic hydroxyl groups is 1. The smallest absolute Gasteiger partial charge is 0.120 e. The van der Waals surface area contributed by atoms with Crippen molar-refractivity contribution in [2.45, 2.75) is 24.4 Å². The van der Waals surface area contributed by atoms with E-state index in [9.17, 15) is 10.2 Å². The summed E-state index contributed by atoms with van der Waals surface area (Å²) in [6.07, 6.45) is 0.811. The van der Waals surface area contributed by atoms with E-state index in [-0.39, 0.29) is 17.3 Å². The molecule has 1 saturated carbocycles. The zero-order valence-electron chi connectivity index (χ0n) is 8.28. The summed E-state index contributed by atoms with van der Waals surface area (Å²) in [5, 5.41) is 19.7. The van der Waals surface area contributed by atoms with Gasteiger partial charge >= 0.3 is 0 Å². The maximum absolute atomic E-state index is 9.79. The van der Waals surface area contributed by atoms with E-state index in [0.29, 0.717) is 30.0 Å². The van der Waals surface area contributed by atoms with E-state index in [1.165, 1.54) is 0 Å². The molecule has 4 N–H and O–H groups in total. The number of aliphatic hydroxyl groups is 1. The first-order chi connectivity index (χ1) is 7.09. The minimum Gasteiger partial charge on any atom is -0.508 e. The summed E-state index contributed by atoms with van der Waals surface area (Å²) in [7, 11) is 0. The van der Waals surface area contributed by atoms with Gasteiger partial charge < -0.3 is 15.9 Å². The Morgan fingerprint density at radius 3 is 2.60 bits per heavy atom. The summed E-state index contributed by atoms with van der Waals surface area (Å²) in [5.41, 5.74) is 6.05. The van der Waals surface area contributed by atoms with Gasteiger partial charge in [0.15, 0.2) is 0 Å². The fraction of sp³-hybridized carbons (Fsp3) is 0.455. The SMILES string of the molecule is NCC1(c2c(O)cccc2Cl)CC(O)C1. The Labute approximate surface area is 93.5 Å². The predicted octanol–water partition coefficient (Wildman–Crippen LogP) is 1.40. The second-order valence-electron chi connectivity index (χ2n) is 4.18. The molecule has 0 aromatic heterocycles.